The monoisotopic (exact) mass is 159 g/mol. The zero-order valence-corrected chi connectivity index (χ0v) is 6.38. The highest BCUT2D eigenvalue weighted by atomic mass is 32.1. The van der Waals surface area contributed by atoms with Crippen molar-refractivity contribution in [2.75, 3.05) is 0 Å². The molecule has 2 atom stereocenters. The molecule has 0 aliphatic rings. The minimum atomic E-state index is -0.833. The first-order chi connectivity index (χ1) is 4.72. The van der Waals surface area contributed by atoms with Gasteiger partial charge in [-0.2, -0.15) is 0 Å². The van der Waals surface area contributed by atoms with Crippen LogP contribution < -0.4 is 0 Å². The van der Waals surface area contributed by atoms with Gasteiger partial charge in [0.15, 0.2) is 0 Å². The summed E-state index contributed by atoms with van der Waals surface area (Å²) in [6.07, 6.45) is 0.0251. The third-order valence-electron chi connectivity index (χ3n) is 1.16. The summed E-state index contributed by atoms with van der Waals surface area (Å²) in [5.41, 5.74) is 0. The Morgan fingerprint density at radius 3 is 2.70 bits per heavy atom. The predicted octanol–water partition coefficient (Wildman–Crippen LogP) is 0.557. The second kappa shape index (κ2) is 3.09. The highest BCUT2D eigenvalue weighted by Gasteiger charge is 2.14. The molecular weight excluding hydrogens is 150 g/mol. The van der Waals surface area contributed by atoms with Crippen molar-refractivity contribution in [3.8, 4) is 0 Å². The first kappa shape index (κ1) is 7.65. The van der Waals surface area contributed by atoms with Crippen LogP contribution in [0, 0.1) is 0 Å². The summed E-state index contributed by atoms with van der Waals surface area (Å²) < 4.78 is 0. The molecule has 0 saturated carbocycles. The highest BCUT2D eigenvalue weighted by Crippen LogP contribution is 2.17. The molecule has 0 radical (unpaired) electrons. The van der Waals surface area contributed by atoms with E-state index in [4.69, 9.17) is 5.11 Å². The fourth-order valence-electron chi connectivity index (χ4n) is 0.587. The van der Waals surface area contributed by atoms with Crippen molar-refractivity contribution in [3.05, 3.63) is 16.6 Å². The van der Waals surface area contributed by atoms with E-state index in [0.717, 1.165) is 0 Å². The Morgan fingerprint density at radius 2 is 2.30 bits per heavy atom. The minimum Gasteiger partial charge on any atom is -0.390 e. The number of aliphatic hydroxyl groups is 2. The van der Waals surface area contributed by atoms with E-state index in [-0.39, 0.29) is 0 Å². The van der Waals surface area contributed by atoms with E-state index >= 15 is 0 Å². The Bertz CT molecular complexity index is 186. The first-order valence-electron chi connectivity index (χ1n) is 2.97. The molecule has 1 aromatic heterocycles. The van der Waals surface area contributed by atoms with Crippen molar-refractivity contribution in [3.63, 3.8) is 0 Å². The van der Waals surface area contributed by atoms with Crippen molar-refractivity contribution in [2.45, 2.75) is 19.1 Å². The lowest BCUT2D eigenvalue weighted by molar-refractivity contribution is 0.0304. The molecule has 0 saturated heterocycles. The van der Waals surface area contributed by atoms with Crippen LogP contribution in [0.15, 0.2) is 11.6 Å². The van der Waals surface area contributed by atoms with Gasteiger partial charge < -0.3 is 10.2 Å². The lowest BCUT2D eigenvalue weighted by atomic mass is 10.2. The molecule has 0 unspecified atom stereocenters. The second-order valence-corrected chi connectivity index (χ2v) is 2.98. The van der Waals surface area contributed by atoms with E-state index in [1.54, 1.807) is 11.6 Å². The standard InChI is InChI=1S/C6H9NO2S/c1-4(8)5(9)6-7-2-3-10-6/h2-5,8-9H,1H3/t4-,5+/m0/s1. The summed E-state index contributed by atoms with van der Waals surface area (Å²) in [5.74, 6) is 0. The molecule has 0 aromatic carbocycles. The SMILES string of the molecule is C[C@H](O)[C@@H](O)c1nccs1. The number of aromatic nitrogens is 1. The largest absolute Gasteiger partial charge is 0.390 e. The molecule has 10 heavy (non-hydrogen) atoms. The number of nitrogens with zero attached hydrogens (tertiary/aromatic N) is 1. The van der Waals surface area contributed by atoms with Gasteiger partial charge in [-0.3, -0.25) is 0 Å². The van der Waals surface area contributed by atoms with E-state index in [2.05, 4.69) is 4.98 Å². The normalized spacial score (nSPS) is 16.7. The van der Waals surface area contributed by atoms with Crippen LogP contribution in [0.25, 0.3) is 0 Å². The molecule has 0 spiro atoms. The van der Waals surface area contributed by atoms with Gasteiger partial charge in [0.2, 0.25) is 0 Å². The van der Waals surface area contributed by atoms with Crippen LogP contribution in [-0.2, 0) is 0 Å². The fraction of sp³-hybridized carbons (Fsp3) is 0.500. The maximum absolute atomic E-state index is 9.18. The summed E-state index contributed by atoms with van der Waals surface area (Å²) in [4.78, 5) is 3.85. The molecule has 0 aliphatic carbocycles. The maximum Gasteiger partial charge on any atom is 0.131 e. The smallest absolute Gasteiger partial charge is 0.131 e. The predicted molar refractivity (Wildman–Crippen MR) is 38.8 cm³/mol. The molecule has 0 bridgehead atoms. The van der Waals surface area contributed by atoms with Gasteiger partial charge in [-0.25, -0.2) is 4.98 Å². The molecule has 0 aliphatic heterocycles. The molecule has 1 heterocycles. The van der Waals surface area contributed by atoms with Crippen molar-refractivity contribution in [1.82, 2.24) is 4.98 Å². The van der Waals surface area contributed by atoms with Gasteiger partial charge in [-0.05, 0) is 6.92 Å². The molecule has 1 rings (SSSR count). The summed E-state index contributed by atoms with van der Waals surface area (Å²) in [5, 5.41) is 20.4. The van der Waals surface area contributed by atoms with Crippen LogP contribution >= 0.6 is 11.3 Å². The van der Waals surface area contributed by atoms with Crippen molar-refractivity contribution >= 4 is 11.3 Å². The Morgan fingerprint density at radius 1 is 1.60 bits per heavy atom. The minimum absolute atomic E-state index is 0.565. The van der Waals surface area contributed by atoms with E-state index in [0.29, 0.717) is 5.01 Å². The van der Waals surface area contributed by atoms with E-state index in [1.165, 1.54) is 18.3 Å². The van der Waals surface area contributed by atoms with E-state index < -0.39 is 12.2 Å². The van der Waals surface area contributed by atoms with E-state index in [9.17, 15) is 5.11 Å². The Labute approximate surface area is 63.0 Å². The quantitative estimate of drug-likeness (QED) is 0.662. The van der Waals surface area contributed by atoms with Gasteiger partial charge in [-0.15, -0.1) is 11.3 Å². The van der Waals surface area contributed by atoms with Crippen LogP contribution in [0.4, 0.5) is 0 Å². The maximum atomic E-state index is 9.18. The number of thiazole rings is 1. The third kappa shape index (κ3) is 1.53. The van der Waals surface area contributed by atoms with E-state index in [1.807, 2.05) is 0 Å². The van der Waals surface area contributed by atoms with Crippen LogP contribution in [0.5, 0.6) is 0 Å². The van der Waals surface area contributed by atoms with Crippen molar-refractivity contribution in [2.24, 2.45) is 0 Å². The second-order valence-electron chi connectivity index (χ2n) is 2.06. The van der Waals surface area contributed by atoms with Gasteiger partial charge >= 0.3 is 0 Å². The van der Waals surface area contributed by atoms with Crippen LogP contribution in [0.2, 0.25) is 0 Å². The van der Waals surface area contributed by atoms with Crippen LogP contribution in [0.1, 0.15) is 18.0 Å². The average molecular weight is 159 g/mol. The molecule has 56 valence electrons. The summed E-state index contributed by atoms with van der Waals surface area (Å²) in [6.45, 7) is 1.53. The number of hydrogen-bond donors (Lipinski definition) is 2. The Balaban J connectivity index is 2.68. The lowest BCUT2D eigenvalue weighted by Crippen LogP contribution is -2.13. The lowest BCUT2D eigenvalue weighted by Gasteiger charge is -2.08. The number of rotatable bonds is 2. The molecule has 2 N–H and O–H groups in total. The highest BCUT2D eigenvalue weighted by molar-refractivity contribution is 7.09. The molecule has 1 aromatic rings. The third-order valence-corrected chi connectivity index (χ3v) is 2.01. The average Bonchev–Trinajstić information content (AvgIpc) is 2.36. The number of hydrogen-bond acceptors (Lipinski definition) is 4. The van der Waals surface area contributed by atoms with Crippen LogP contribution in [-0.4, -0.2) is 21.3 Å². The van der Waals surface area contributed by atoms with Crippen molar-refractivity contribution in [1.29, 1.82) is 0 Å². The van der Waals surface area contributed by atoms with Gasteiger partial charge in [0, 0.05) is 11.6 Å². The topological polar surface area (TPSA) is 53.4 Å². The molecular formula is C6H9NO2S. The molecule has 0 amide bonds. The Hall–Kier alpha value is -0.450. The Kier molecular flexibility index (Phi) is 2.37. The molecule has 3 nitrogen and oxygen atoms in total. The zero-order chi connectivity index (χ0) is 7.56. The van der Waals surface area contributed by atoms with Gasteiger partial charge in [0.25, 0.3) is 0 Å². The van der Waals surface area contributed by atoms with Crippen molar-refractivity contribution < 1.29 is 10.2 Å². The summed E-state index contributed by atoms with van der Waals surface area (Å²) in [6, 6.07) is 0. The fourth-order valence-corrected chi connectivity index (χ4v) is 1.31. The van der Waals surface area contributed by atoms with Gasteiger partial charge in [-0.1, -0.05) is 0 Å². The number of aliphatic hydroxyl groups excluding tert-OH is 2. The zero-order valence-electron chi connectivity index (χ0n) is 5.56. The van der Waals surface area contributed by atoms with Crippen LogP contribution in [0.3, 0.4) is 0 Å². The summed E-state index contributed by atoms with van der Waals surface area (Å²) in [7, 11) is 0. The molecule has 0 fully saturated rings. The van der Waals surface area contributed by atoms with Gasteiger partial charge in [0.05, 0.1) is 6.10 Å². The van der Waals surface area contributed by atoms with Gasteiger partial charge in [0.1, 0.15) is 11.1 Å². The first-order valence-corrected chi connectivity index (χ1v) is 3.85. The molecule has 4 heteroatoms. The summed E-state index contributed by atoms with van der Waals surface area (Å²) >= 11 is 1.34.